The highest BCUT2D eigenvalue weighted by Crippen LogP contribution is 2.30. The van der Waals surface area contributed by atoms with Gasteiger partial charge in [0.2, 0.25) is 0 Å². The van der Waals surface area contributed by atoms with Gasteiger partial charge in [0.25, 0.3) is 0 Å². The van der Waals surface area contributed by atoms with Crippen LogP contribution in [0, 0.1) is 0 Å². The number of rotatable bonds is 2. The van der Waals surface area contributed by atoms with Crippen molar-refractivity contribution in [1.82, 2.24) is 4.90 Å². The van der Waals surface area contributed by atoms with Crippen molar-refractivity contribution in [3.63, 3.8) is 0 Å². The van der Waals surface area contributed by atoms with Crippen LogP contribution in [0.1, 0.15) is 41.5 Å². The van der Waals surface area contributed by atoms with Crippen molar-refractivity contribution in [2.45, 2.75) is 58.9 Å². The second-order valence-electron chi connectivity index (χ2n) is 6.52. The molecule has 0 unspecified atom stereocenters. The summed E-state index contributed by atoms with van der Waals surface area (Å²) in [5, 5.41) is 0. The van der Waals surface area contributed by atoms with E-state index >= 15 is 0 Å². The monoisotopic (exact) mass is 299 g/mol. The minimum Gasteiger partial charge on any atom is -0.466 e. The molecule has 1 heterocycles. The van der Waals surface area contributed by atoms with Gasteiger partial charge in [-0.05, 0) is 47.6 Å². The fourth-order valence-electron chi connectivity index (χ4n) is 2.14. The molecule has 0 spiro atoms. The highest BCUT2D eigenvalue weighted by molar-refractivity contribution is 5.87. The summed E-state index contributed by atoms with van der Waals surface area (Å²) in [7, 11) is 1.32. The van der Waals surface area contributed by atoms with E-state index in [1.54, 1.807) is 47.6 Å². The van der Waals surface area contributed by atoms with Crippen LogP contribution in [-0.2, 0) is 19.0 Å². The first-order valence-corrected chi connectivity index (χ1v) is 6.91. The van der Waals surface area contributed by atoms with Gasteiger partial charge in [0.1, 0.15) is 11.3 Å². The molecule has 1 amide bonds. The number of esters is 1. The number of hydrogen-bond donors (Lipinski definition) is 0. The second kappa shape index (κ2) is 6.05. The standard InChI is InChI=1S/C15H25NO5/c1-10(12(17)19-7)8-11-9-20-15(5,6)16(11)13(18)21-14(2,3)4/h8,11H,9H2,1-7H3/b10-8-/t11-/m1/s1. The van der Waals surface area contributed by atoms with Crippen molar-refractivity contribution < 1.29 is 23.8 Å². The smallest absolute Gasteiger partial charge is 0.413 e. The summed E-state index contributed by atoms with van der Waals surface area (Å²) >= 11 is 0. The van der Waals surface area contributed by atoms with Crippen LogP contribution in [-0.4, -0.2) is 48.0 Å². The number of ether oxygens (including phenoxy) is 3. The molecular formula is C15H25NO5. The maximum atomic E-state index is 12.4. The topological polar surface area (TPSA) is 65.1 Å². The lowest BCUT2D eigenvalue weighted by atomic mass is 10.1. The van der Waals surface area contributed by atoms with E-state index in [2.05, 4.69) is 4.74 Å². The zero-order chi connectivity index (χ0) is 16.4. The largest absolute Gasteiger partial charge is 0.466 e. The Hall–Kier alpha value is -1.56. The Labute approximate surface area is 126 Å². The molecule has 0 saturated carbocycles. The summed E-state index contributed by atoms with van der Waals surface area (Å²) in [5.74, 6) is -0.427. The molecule has 6 heteroatoms. The fourth-order valence-corrected chi connectivity index (χ4v) is 2.14. The number of carbonyl (C=O) groups excluding carboxylic acids is 2. The molecule has 1 fully saturated rings. The zero-order valence-corrected chi connectivity index (χ0v) is 13.9. The number of nitrogens with zero attached hydrogens (tertiary/aromatic N) is 1. The average molecular weight is 299 g/mol. The maximum Gasteiger partial charge on any atom is 0.413 e. The molecule has 6 nitrogen and oxygen atoms in total. The Kier molecular flexibility index (Phi) is 5.04. The molecule has 0 bridgehead atoms. The summed E-state index contributed by atoms with van der Waals surface area (Å²) in [4.78, 5) is 25.4. The SMILES string of the molecule is COC(=O)/C(C)=C\[C@@H]1COC(C)(C)N1C(=O)OC(C)(C)C. The van der Waals surface area contributed by atoms with Gasteiger partial charge in [-0.2, -0.15) is 0 Å². The van der Waals surface area contributed by atoms with Crippen LogP contribution in [0.5, 0.6) is 0 Å². The minimum atomic E-state index is -0.792. The van der Waals surface area contributed by atoms with Crippen LogP contribution >= 0.6 is 0 Å². The number of hydrogen-bond acceptors (Lipinski definition) is 5. The van der Waals surface area contributed by atoms with Gasteiger partial charge < -0.3 is 14.2 Å². The van der Waals surface area contributed by atoms with Crippen LogP contribution in [0.15, 0.2) is 11.6 Å². The molecule has 0 aromatic rings. The normalized spacial score (nSPS) is 22.1. The van der Waals surface area contributed by atoms with Crippen LogP contribution in [0.25, 0.3) is 0 Å². The van der Waals surface area contributed by atoms with Gasteiger partial charge in [-0.1, -0.05) is 0 Å². The fraction of sp³-hybridized carbons (Fsp3) is 0.733. The van der Waals surface area contributed by atoms with E-state index in [4.69, 9.17) is 9.47 Å². The summed E-state index contributed by atoms with van der Waals surface area (Å²) in [6.45, 7) is 10.9. The van der Waals surface area contributed by atoms with Crippen molar-refractivity contribution in [3.05, 3.63) is 11.6 Å². The van der Waals surface area contributed by atoms with Crippen molar-refractivity contribution in [2.75, 3.05) is 13.7 Å². The minimum absolute atomic E-state index is 0.306. The van der Waals surface area contributed by atoms with E-state index in [1.165, 1.54) is 12.0 Å². The molecule has 120 valence electrons. The van der Waals surface area contributed by atoms with E-state index in [9.17, 15) is 9.59 Å². The maximum absolute atomic E-state index is 12.4. The van der Waals surface area contributed by atoms with Gasteiger partial charge in [-0.15, -0.1) is 0 Å². The molecule has 0 radical (unpaired) electrons. The summed E-state index contributed by atoms with van der Waals surface area (Å²) in [5.41, 5.74) is -0.959. The first-order valence-electron chi connectivity index (χ1n) is 6.91. The highest BCUT2D eigenvalue weighted by atomic mass is 16.6. The second-order valence-corrected chi connectivity index (χ2v) is 6.52. The van der Waals surface area contributed by atoms with E-state index in [1.807, 2.05) is 0 Å². The lowest BCUT2D eigenvalue weighted by molar-refractivity contribution is -0.136. The van der Waals surface area contributed by atoms with Crippen molar-refractivity contribution >= 4 is 12.1 Å². The summed E-state index contributed by atoms with van der Waals surface area (Å²) < 4.78 is 15.7. The Morgan fingerprint density at radius 1 is 1.33 bits per heavy atom. The molecule has 1 rings (SSSR count). The van der Waals surface area contributed by atoms with Crippen molar-refractivity contribution in [2.24, 2.45) is 0 Å². The first kappa shape index (κ1) is 17.5. The third-order valence-electron chi connectivity index (χ3n) is 3.06. The van der Waals surface area contributed by atoms with Gasteiger partial charge in [0.15, 0.2) is 0 Å². The third kappa shape index (κ3) is 4.46. The molecule has 21 heavy (non-hydrogen) atoms. The van der Waals surface area contributed by atoms with Crippen LogP contribution < -0.4 is 0 Å². The molecule has 0 N–H and O–H groups in total. The molecular weight excluding hydrogens is 274 g/mol. The first-order chi connectivity index (χ1) is 9.48. The predicted molar refractivity (Wildman–Crippen MR) is 77.7 cm³/mol. The highest BCUT2D eigenvalue weighted by Gasteiger charge is 2.45. The van der Waals surface area contributed by atoms with E-state index < -0.39 is 23.4 Å². The van der Waals surface area contributed by atoms with Gasteiger partial charge >= 0.3 is 12.1 Å². The quantitative estimate of drug-likeness (QED) is 0.579. The Bertz CT molecular complexity index is 447. The van der Waals surface area contributed by atoms with Crippen LogP contribution in [0.4, 0.5) is 4.79 Å². The Balaban J connectivity index is 3.00. The molecule has 0 aliphatic carbocycles. The molecule has 0 aromatic heterocycles. The van der Waals surface area contributed by atoms with Gasteiger partial charge in [0, 0.05) is 5.57 Å². The Morgan fingerprint density at radius 2 is 1.90 bits per heavy atom. The van der Waals surface area contributed by atoms with Gasteiger partial charge in [-0.3, -0.25) is 4.90 Å². The molecule has 0 aromatic carbocycles. The van der Waals surface area contributed by atoms with Gasteiger partial charge in [-0.25, -0.2) is 9.59 Å². The lowest BCUT2D eigenvalue weighted by Gasteiger charge is -2.34. The van der Waals surface area contributed by atoms with Crippen molar-refractivity contribution in [3.8, 4) is 0 Å². The summed E-state index contributed by atoms with van der Waals surface area (Å²) in [6, 6.07) is -0.367. The molecule has 1 aliphatic rings. The van der Waals surface area contributed by atoms with E-state index in [0.717, 1.165) is 0 Å². The van der Waals surface area contributed by atoms with Crippen LogP contribution in [0.2, 0.25) is 0 Å². The Morgan fingerprint density at radius 3 is 2.38 bits per heavy atom. The molecule has 1 saturated heterocycles. The van der Waals surface area contributed by atoms with Gasteiger partial charge in [0.05, 0.1) is 19.8 Å². The predicted octanol–water partition coefficient (Wildman–Crippen LogP) is 2.48. The molecule has 1 atom stereocenters. The van der Waals surface area contributed by atoms with E-state index in [0.29, 0.717) is 12.2 Å². The zero-order valence-electron chi connectivity index (χ0n) is 13.9. The number of carbonyl (C=O) groups is 2. The van der Waals surface area contributed by atoms with Crippen LogP contribution in [0.3, 0.4) is 0 Å². The number of amides is 1. The lowest BCUT2D eigenvalue weighted by Crippen LogP contribution is -2.49. The number of methoxy groups -OCH3 is 1. The van der Waals surface area contributed by atoms with E-state index in [-0.39, 0.29) is 6.04 Å². The third-order valence-corrected chi connectivity index (χ3v) is 3.06. The summed E-state index contributed by atoms with van der Waals surface area (Å²) in [6.07, 6.45) is 1.20. The average Bonchev–Trinajstić information content (AvgIpc) is 2.61. The molecule has 1 aliphatic heterocycles. The van der Waals surface area contributed by atoms with Crippen molar-refractivity contribution in [1.29, 1.82) is 0 Å².